The number of aromatic nitrogens is 1. The maximum absolute atomic E-state index is 6.09. The highest BCUT2D eigenvalue weighted by Crippen LogP contribution is 2.20. The summed E-state index contributed by atoms with van der Waals surface area (Å²) in [7, 11) is 0. The molecule has 0 fully saturated rings. The molecule has 0 N–H and O–H groups in total. The number of unbranched alkanes of at least 4 members (excludes halogenated alkanes) is 19. The van der Waals surface area contributed by atoms with Crippen molar-refractivity contribution in [3.05, 3.63) is 23.5 Å². The summed E-state index contributed by atoms with van der Waals surface area (Å²) in [6.07, 6.45) is 32.3. The van der Waals surface area contributed by atoms with Gasteiger partial charge in [-0.15, -0.1) is 0 Å². The maximum Gasteiger partial charge on any atom is 0.122 e. The van der Waals surface area contributed by atoms with Crippen molar-refractivity contribution in [3.8, 4) is 5.75 Å². The summed E-state index contributed by atoms with van der Waals surface area (Å²) in [5.41, 5.74) is 2.50. The summed E-state index contributed by atoms with van der Waals surface area (Å²) in [6.45, 7) is 7.64. The second-order valence-corrected chi connectivity index (χ2v) is 10.9. The Hall–Kier alpha value is -1.05. The van der Waals surface area contributed by atoms with Crippen LogP contribution >= 0.6 is 0 Å². The molecule has 0 atom stereocenters. The van der Waals surface area contributed by atoms with E-state index in [1.165, 1.54) is 146 Å². The first-order valence-electron chi connectivity index (χ1n) is 15.9. The minimum Gasteiger partial charge on any atom is -0.493 e. The highest BCUT2D eigenvalue weighted by Gasteiger charge is 2.05. The van der Waals surface area contributed by atoms with Crippen LogP contribution in [-0.4, -0.2) is 11.6 Å². The Morgan fingerprint density at radius 2 is 0.800 bits per heavy atom. The summed E-state index contributed by atoms with van der Waals surface area (Å²) >= 11 is 0. The van der Waals surface area contributed by atoms with E-state index in [2.05, 4.69) is 32.9 Å². The minimum atomic E-state index is 0.829. The molecule has 0 aliphatic rings. The normalized spacial score (nSPS) is 11.3. The Balaban J connectivity index is 2.28. The topological polar surface area (TPSA) is 22.1 Å². The van der Waals surface area contributed by atoms with Gasteiger partial charge in [0.1, 0.15) is 5.75 Å². The highest BCUT2D eigenvalue weighted by atomic mass is 16.5. The van der Waals surface area contributed by atoms with Crippen LogP contribution in [0.3, 0.4) is 0 Å². The number of ether oxygens (including phenoxy) is 1. The van der Waals surface area contributed by atoms with Crippen molar-refractivity contribution in [1.29, 1.82) is 0 Å². The lowest BCUT2D eigenvalue weighted by molar-refractivity contribution is 0.308. The molecule has 0 unspecified atom stereocenters. The molecule has 1 aromatic rings. The molecule has 0 saturated heterocycles. The highest BCUT2D eigenvalue weighted by molar-refractivity contribution is 5.27. The first-order valence-corrected chi connectivity index (χ1v) is 15.9. The number of nitrogens with zero attached hydrogens (tertiary/aromatic N) is 1. The summed E-state index contributed by atoms with van der Waals surface area (Å²) in [6, 6.07) is 4.43. The third-order valence-corrected chi connectivity index (χ3v) is 7.24. The van der Waals surface area contributed by atoms with E-state index < -0.39 is 0 Å². The van der Waals surface area contributed by atoms with Gasteiger partial charge in [0.2, 0.25) is 0 Å². The fraction of sp³-hybridized carbons (Fsp3) is 0.848. The van der Waals surface area contributed by atoms with Crippen molar-refractivity contribution in [2.24, 2.45) is 0 Å². The number of aryl methyl sites for hydroxylation is 2. The lowest BCUT2D eigenvalue weighted by Gasteiger charge is -2.11. The van der Waals surface area contributed by atoms with E-state index in [1.54, 1.807) is 0 Å². The van der Waals surface area contributed by atoms with Gasteiger partial charge in [-0.1, -0.05) is 143 Å². The zero-order chi connectivity index (χ0) is 25.2. The van der Waals surface area contributed by atoms with Crippen molar-refractivity contribution in [2.45, 2.75) is 175 Å². The molecule has 1 aromatic heterocycles. The predicted octanol–water partition coefficient (Wildman–Crippen LogP) is 11.2. The van der Waals surface area contributed by atoms with Gasteiger partial charge in [0, 0.05) is 23.5 Å². The first kappa shape index (κ1) is 32.0. The van der Waals surface area contributed by atoms with Crippen LogP contribution in [0, 0.1) is 0 Å². The molecule has 2 heteroatoms. The van der Waals surface area contributed by atoms with E-state index in [-0.39, 0.29) is 0 Å². The lowest BCUT2D eigenvalue weighted by Crippen LogP contribution is -2.02. The van der Waals surface area contributed by atoms with Crippen molar-refractivity contribution >= 4 is 0 Å². The maximum atomic E-state index is 6.09. The number of pyridine rings is 1. The number of hydrogen-bond acceptors (Lipinski definition) is 2. The van der Waals surface area contributed by atoms with Crippen LogP contribution in [0.4, 0.5) is 0 Å². The van der Waals surface area contributed by atoms with Gasteiger partial charge in [0.25, 0.3) is 0 Å². The van der Waals surface area contributed by atoms with Crippen LogP contribution < -0.4 is 4.74 Å². The van der Waals surface area contributed by atoms with Crippen LogP contribution in [0.25, 0.3) is 0 Å². The molecular weight excluding hydrogens is 426 g/mol. The summed E-state index contributed by atoms with van der Waals surface area (Å²) < 4.78 is 6.09. The second kappa shape index (κ2) is 24.6. The molecule has 1 rings (SSSR count). The first-order chi connectivity index (χ1) is 17.3. The van der Waals surface area contributed by atoms with Gasteiger partial charge < -0.3 is 4.74 Å². The quantitative estimate of drug-likeness (QED) is 0.121. The summed E-state index contributed by atoms with van der Waals surface area (Å²) in [5.74, 6) is 1.05. The Labute approximate surface area is 220 Å². The zero-order valence-corrected chi connectivity index (χ0v) is 24.2. The monoisotopic (exact) mass is 487 g/mol. The van der Waals surface area contributed by atoms with E-state index in [0.29, 0.717) is 0 Å². The number of hydrogen-bond donors (Lipinski definition) is 0. The van der Waals surface area contributed by atoms with Crippen molar-refractivity contribution in [2.75, 3.05) is 6.61 Å². The Morgan fingerprint density at radius 1 is 0.457 bits per heavy atom. The molecule has 2 nitrogen and oxygen atoms in total. The van der Waals surface area contributed by atoms with Crippen LogP contribution in [0.2, 0.25) is 0 Å². The third kappa shape index (κ3) is 19.8. The fourth-order valence-electron chi connectivity index (χ4n) is 4.88. The average Bonchev–Trinajstić information content (AvgIpc) is 2.86. The van der Waals surface area contributed by atoms with E-state index in [1.807, 2.05) is 0 Å². The third-order valence-electron chi connectivity index (χ3n) is 7.24. The molecule has 0 aliphatic carbocycles. The molecule has 0 aliphatic heterocycles. The molecule has 204 valence electrons. The van der Waals surface area contributed by atoms with E-state index in [4.69, 9.17) is 9.72 Å². The zero-order valence-electron chi connectivity index (χ0n) is 24.2. The molecule has 0 saturated carbocycles. The van der Waals surface area contributed by atoms with E-state index in [9.17, 15) is 0 Å². The second-order valence-electron chi connectivity index (χ2n) is 10.9. The van der Waals surface area contributed by atoms with Crippen molar-refractivity contribution in [1.82, 2.24) is 4.98 Å². The van der Waals surface area contributed by atoms with Crippen LogP contribution in [0.15, 0.2) is 12.1 Å². The molecule has 0 bridgehead atoms. The van der Waals surface area contributed by atoms with Crippen molar-refractivity contribution < 1.29 is 4.74 Å². The number of rotatable bonds is 26. The SMILES string of the molecule is CCCCCCCCCCCCc1cc(OCCCC)cc(CCCCCCCCCCCC)n1. The Bertz CT molecular complexity index is 528. The van der Waals surface area contributed by atoms with Gasteiger partial charge in [0.15, 0.2) is 0 Å². The largest absolute Gasteiger partial charge is 0.493 e. The average molecular weight is 488 g/mol. The molecule has 0 spiro atoms. The van der Waals surface area contributed by atoms with Crippen LogP contribution in [-0.2, 0) is 12.8 Å². The minimum absolute atomic E-state index is 0.829. The predicted molar refractivity (Wildman–Crippen MR) is 156 cm³/mol. The Kier molecular flexibility index (Phi) is 22.5. The fourth-order valence-corrected chi connectivity index (χ4v) is 4.88. The van der Waals surface area contributed by atoms with Gasteiger partial charge in [0.05, 0.1) is 6.61 Å². The summed E-state index contributed by atoms with van der Waals surface area (Å²) in [4.78, 5) is 5.03. The Morgan fingerprint density at radius 3 is 1.17 bits per heavy atom. The molecule has 0 aromatic carbocycles. The van der Waals surface area contributed by atoms with Crippen molar-refractivity contribution in [3.63, 3.8) is 0 Å². The van der Waals surface area contributed by atoms with E-state index >= 15 is 0 Å². The van der Waals surface area contributed by atoms with Crippen LogP contribution in [0.1, 0.15) is 173 Å². The molecule has 0 radical (unpaired) electrons. The molecular formula is C33H61NO. The van der Waals surface area contributed by atoms with Gasteiger partial charge >= 0.3 is 0 Å². The summed E-state index contributed by atoms with van der Waals surface area (Å²) in [5, 5.41) is 0. The standard InChI is InChI=1S/C33H61NO/c1-4-7-10-12-14-16-18-20-22-24-26-31-29-33(35-28-9-6-3)30-32(34-31)27-25-23-21-19-17-15-13-11-8-5-2/h29-30H,4-28H2,1-3H3. The van der Waals surface area contributed by atoms with Crippen LogP contribution in [0.5, 0.6) is 5.75 Å². The van der Waals surface area contributed by atoms with Gasteiger partial charge in [-0.05, 0) is 32.1 Å². The van der Waals surface area contributed by atoms with E-state index in [0.717, 1.165) is 31.6 Å². The molecule has 1 heterocycles. The smallest absolute Gasteiger partial charge is 0.122 e. The van der Waals surface area contributed by atoms with Gasteiger partial charge in [-0.25, -0.2) is 0 Å². The van der Waals surface area contributed by atoms with Gasteiger partial charge in [-0.3, -0.25) is 4.98 Å². The lowest BCUT2D eigenvalue weighted by atomic mass is 10.0. The van der Waals surface area contributed by atoms with Gasteiger partial charge in [-0.2, -0.15) is 0 Å². The molecule has 0 amide bonds. The molecule has 35 heavy (non-hydrogen) atoms.